The van der Waals surface area contributed by atoms with Gasteiger partial charge < -0.3 is 24.4 Å². The molecule has 0 unspecified atom stereocenters. The molecule has 0 aliphatic carbocycles. The Labute approximate surface area is 272 Å². The largest absolute Gasteiger partial charge is 0.466 e. The van der Waals surface area contributed by atoms with E-state index in [4.69, 9.17) is 20.6 Å². The molecule has 0 saturated carbocycles. The number of anilines is 1. The molecule has 47 heavy (non-hydrogen) atoms. The van der Waals surface area contributed by atoms with Crippen LogP contribution in [0.15, 0.2) is 47.5 Å². The second-order valence-electron chi connectivity index (χ2n) is 11.5. The van der Waals surface area contributed by atoms with Crippen molar-refractivity contribution in [3.63, 3.8) is 0 Å². The topological polar surface area (TPSA) is 146 Å². The predicted molar refractivity (Wildman–Crippen MR) is 172 cm³/mol. The second kappa shape index (κ2) is 16.4. The third kappa shape index (κ3) is 9.87. The second-order valence-corrected chi connectivity index (χ2v) is 11.5. The van der Waals surface area contributed by atoms with Crippen molar-refractivity contribution in [2.75, 3.05) is 24.7 Å². The number of hydrogen-bond donors (Lipinski definition) is 1. The fourth-order valence-corrected chi connectivity index (χ4v) is 4.42. The highest BCUT2D eigenvalue weighted by atomic mass is 19.1. The predicted octanol–water partition coefficient (Wildman–Crippen LogP) is 3.73. The minimum Gasteiger partial charge on any atom is -0.466 e. The molecule has 1 atom stereocenters. The number of nitrogens with zero attached hydrogens (tertiary/aromatic N) is 3. The summed E-state index contributed by atoms with van der Waals surface area (Å²) in [6, 6.07) is 7.78. The minimum absolute atomic E-state index is 0.0510. The Bertz CT molecular complexity index is 1720. The third-order valence-electron chi connectivity index (χ3n) is 6.87. The zero-order valence-electron chi connectivity index (χ0n) is 27.1. The van der Waals surface area contributed by atoms with E-state index < -0.39 is 46.6 Å². The van der Waals surface area contributed by atoms with Gasteiger partial charge in [0.1, 0.15) is 18.2 Å². The summed E-state index contributed by atoms with van der Waals surface area (Å²) < 4.78 is 31.7. The number of nitrogens with one attached hydrogen (secondary N) is 1. The molecule has 1 aromatic heterocycles. The van der Waals surface area contributed by atoms with Gasteiger partial charge in [0.15, 0.2) is 6.73 Å². The number of carbonyl (C=O) groups is 4. The molecule has 2 aromatic carbocycles. The number of fused-ring (bicyclic) bond motifs is 1. The van der Waals surface area contributed by atoms with Crippen molar-refractivity contribution >= 4 is 40.4 Å². The van der Waals surface area contributed by atoms with Crippen molar-refractivity contribution in [1.82, 2.24) is 14.9 Å². The van der Waals surface area contributed by atoms with Gasteiger partial charge in [-0.2, -0.15) is 0 Å². The first-order chi connectivity index (χ1) is 22.3. The molecule has 3 rings (SSSR count). The van der Waals surface area contributed by atoms with E-state index in [0.717, 1.165) is 6.07 Å². The Morgan fingerprint density at radius 2 is 1.79 bits per heavy atom. The highest BCUT2D eigenvalue weighted by Gasteiger charge is 2.26. The monoisotopic (exact) mass is 650 g/mol. The molecule has 3 aromatic rings. The number of ether oxygens (including phenoxy) is 3. The summed E-state index contributed by atoms with van der Waals surface area (Å²) in [6.45, 7) is 8.53. The Hall–Kier alpha value is -5.25. The lowest BCUT2D eigenvalue weighted by atomic mass is 9.98. The summed E-state index contributed by atoms with van der Waals surface area (Å²) in [6.07, 6.45) is 6.67. The fraction of sp³-hybridized carbons (Fsp3) is 0.412. The van der Waals surface area contributed by atoms with Gasteiger partial charge in [-0.1, -0.05) is 12.0 Å². The van der Waals surface area contributed by atoms with Crippen molar-refractivity contribution in [2.24, 2.45) is 5.41 Å². The highest BCUT2D eigenvalue weighted by molar-refractivity contribution is 5.97. The number of amides is 1. The van der Waals surface area contributed by atoms with E-state index in [1.54, 1.807) is 57.7 Å². The third-order valence-corrected chi connectivity index (χ3v) is 6.87. The average Bonchev–Trinajstić information content (AvgIpc) is 3.02. The minimum atomic E-state index is -1.19. The molecule has 13 heteroatoms. The molecule has 1 N–H and O–H groups in total. The van der Waals surface area contributed by atoms with Crippen LogP contribution in [0.2, 0.25) is 0 Å². The molecule has 1 amide bonds. The Balaban J connectivity index is 1.81. The van der Waals surface area contributed by atoms with Crippen LogP contribution >= 0.6 is 0 Å². The van der Waals surface area contributed by atoms with Crippen LogP contribution in [0, 0.1) is 23.6 Å². The van der Waals surface area contributed by atoms with Crippen LogP contribution in [-0.2, 0) is 41.9 Å². The van der Waals surface area contributed by atoms with Gasteiger partial charge in [-0.3, -0.25) is 23.7 Å². The van der Waals surface area contributed by atoms with Gasteiger partial charge in [0.25, 0.3) is 11.5 Å². The van der Waals surface area contributed by atoms with Gasteiger partial charge in [-0.15, -0.1) is 6.42 Å². The maximum Gasteiger partial charge on any atom is 0.328 e. The summed E-state index contributed by atoms with van der Waals surface area (Å²) in [5.74, 6) is -0.979. The van der Waals surface area contributed by atoms with Crippen LogP contribution in [0.4, 0.5) is 10.1 Å². The average molecular weight is 651 g/mol. The molecule has 1 heterocycles. The quantitative estimate of drug-likeness (QED) is 0.156. The Kier molecular flexibility index (Phi) is 12.6. The van der Waals surface area contributed by atoms with Crippen LogP contribution in [0.3, 0.4) is 0 Å². The Morgan fingerprint density at radius 1 is 1.06 bits per heavy atom. The lowest BCUT2D eigenvalue weighted by Crippen LogP contribution is -2.42. The highest BCUT2D eigenvalue weighted by Crippen LogP contribution is 2.22. The maximum atomic E-state index is 15.3. The normalized spacial score (nSPS) is 11.7. The van der Waals surface area contributed by atoms with Crippen molar-refractivity contribution in [3.05, 3.63) is 70.0 Å². The van der Waals surface area contributed by atoms with Gasteiger partial charge >= 0.3 is 17.9 Å². The van der Waals surface area contributed by atoms with Crippen LogP contribution in [0.25, 0.3) is 10.9 Å². The van der Waals surface area contributed by atoms with Gasteiger partial charge in [0, 0.05) is 18.7 Å². The molecule has 0 radical (unpaired) electrons. The Morgan fingerprint density at radius 3 is 2.43 bits per heavy atom. The van der Waals surface area contributed by atoms with E-state index in [0.29, 0.717) is 16.8 Å². The number of esters is 3. The molecule has 0 spiro atoms. The van der Waals surface area contributed by atoms with Crippen LogP contribution in [0.5, 0.6) is 0 Å². The molecule has 0 bridgehead atoms. The zero-order chi connectivity index (χ0) is 34.7. The van der Waals surface area contributed by atoms with Gasteiger partial charge in [0.05, 0.1) is 41.6 Å². The first kappa shape index (κ1) is 36.2. The van der Waals surface area contributed by atoms with E-state index in [1.165, 1.54) is 23.0 Å². The van der Waals surface area contributed by atoms with E-state index >= 15 is 4.39 Å². The standard InChI is InChI=1S/C34H39FN4O8/c1-7-16-38(19-22-10-13-27-25(17-22)31(42)39(20-36-27)21-47-33(44)34(4,5)6)23-11-12-24(26(35)18-23)30(41)37-28(32(43)46-9-3)14-15-29(40)45-8-2/h1,10-13,17-18,20,28H,8-9,14-16,19,21H2,2-6H3,(H,37,41)/t28-/m0/s1. The van der Waals surface area contributed by atoms with Crippen molar-refractivity contribution in [1.29, 1.82) is 0 Å². The smallest absolute Gasteiger partial charge is 0.328 e. The molecule has 0 aliphatic heterocycles. The van der Waals surface area contributed by atoms with E-state index in [1.807, 2.05) is 0 Å². The molecular formula is C34H39FN4O8. The fourth-order valence-electron chi connectivity index (χ4n) is 4.42. The number of aromatic nitrogens is 2. The lowest BCUT2D eigenvalue weighted by Gasteiger charge is -2.23. The summed E-state index contributed by atoms with van der Waals surface area (Å²) >= 11 is 0. The molecule has 250 valence electrons. The van der Waals surface area contributed by atoms with Gasteiger partial charge in [0.2, 0.25) is 0 Å². The van der Waals surface area contributed by atoms with Crippen molar-refractivity contribution in [3.8, 4) is 12.3 Å². The molecule has 12 nitrogen and oxygen atoms in total. The molecule has 0 saturated heterocycles. The zero-order valence-corrected chi connectivity index (χ0v) is 27.1. The SMILES string of the molecule is C#CCN(Cc1ccc2ncn(COC(=O)C(C)(C)C)c(=O)c2c1)c1ccc(C(=O)N[C@@H](CCC(=O)OCC)C(=O)OCC)c(F)c1. The summed E-state index contributed by atoms with van der Waals surface area (Å²) in [5, 5.41) is 2.73. The van der Waals surface area contributed by atoms with Crippen LogP contribution in [0.1, 0.15) is 63.4 Å². The molecule has 0 aliphatic rings. The van der Waals surface area contributed by atoms with E-state index in [9.17, 15) is 24.0 Å². The lowest BCUT2D eigenvalue weighted by molar-refractivity contribution is -0.157. The summed E-state index contributed by atoms with van der Waals surface area (Å²) in [5.41, 5.74) is -0.0164. The number of benzene rings is 2. The molecule has 0 fully saturated rings. The van der Waals surface area contributed by atoms with Crippen LogP contribution < -0.4 is 15.8 Å². The van der Waals surface area contributed by atoms with Crippen molar-refractivity contribution in [2.45, 2.75) is 66.8 Å². The number of carbonyl (C=O) groups excluding carboxylic acids is 4. The summed E-state index contributed by atoms with van der Waals surface area (Å²) in [7, 11) is 0. The maximum absolute atomic E-state index is 15.3. The van der Waals surface area contributed by atoms with E-state index in [2.05, 4.69) is 16.2 Å². The van der Waals surface area contributed by atoms with Gasteiger partial charge in [-0.05, 0) is 76.9 Å². The van der Waals surface area contributed by atoms with Gasteiger partial charge in [-0.25, -0.2) is 14.2 Å². The molecular weight excluding hydrogens is 611 g/mol. The number of rotatable bonds is 14. The number of halogens is 1. The summed E-state index contributed by atoms with van der Waals surface area (Å²) in [4.78, 5) is 68.5. The first-order valence-corrected chi connectivity index (χ1v) is 15.0. The van der Waals surface area contributed by atoms with Crippen molar-refractivity contribution < 1.29 is 37.8 Å². The van der Waals surface area contributed by atoms with Crippen LogP contribution in [-0.4, -0.2) is 59.2 Å². The number of hydrogen-bond acceptors (Lipinski definition) is 10. The van der Waals surface area contributed by atoms with E-state index in [-0.39, 0.29) is 56.8 Å². The first-order valence-electron chi connectivity index (χ1n) is 15.0. The number of terminal acetylenes is 1.